The van der Waals surface area contributed by atoms with Crippen molar-refractivity contribution < 1.29 is 0 Å². The highest BCUT2D eigenvalue weighted by molar-refractivity contribution is 5.79. The molecule has 0 unspecified atom stereocenters. The number of hydrogen-bond acceptors (Lipinski definition) is 2. The quantitative estimate of drug-likeness (QED) is 0.488. The molecule has 0 radical (unpaired) electrons. The minimum absolute atomic E-state index is 0.857. The molecule has 1 heterocycles. The second-order valence-corrected chi connectivity index (χ2v) is 4.85. The predicted octanol–water partition coefficient (Wildman–Crippen LogP) is 5.00. The minimum atomic E-state index is 0.857. The van der Waals surface area contributed by atoms with E-state index in [1.165, 1.54) is 5.56 Å². The fourth-order valence-corrected chi connectivity index (χ4v) is 2.02. The Hall–Kier alpha value is -3.00. The van der Waals surface area contributed by atoms with Crippen LogP contribution in [-0.2, 0) is 0 Å². The van der Waals surface area contributed by atoms with Crippen LogP contribution in [0.15, 0.2) is 84.0 Å². The van der Waals surface area contributed by atoms with Crippen molar-refractivity contribution in [3.8, 4) is 0 Å². The van der Waals surface area contributed by atoms with Crippen LogP contribution in [0.25, 0.3) is 12.2 Å². The molecule has 0 saturated carbocycles. The van der Waals surface area contributed by atoms with Crippen molar-refractivity contribution in [3.63, 3.8) is 0 Å². The molecule has 0 bridgehead atoms. The summed E-state index contributed by atoms with van der Waals surface area (Å²) in [7, 11) is 0. The zero-order valence-corrected chi connectivity index (χ0v) is 12.1. The number of aliphatic imine (C=N–C) groups is 1. The highest BCUT2D eigenvalue weighted by atomic mass is 14.8. The molecule has 0 aliphatic carbocycles. The van der Waals surface area contributed by atoms with Crippen molar-refractivity contribution in [2.75, 3.05) is 0 Å². The molecular weight excluding hydrogens is 268 g/mol. The van der Waals surface area contributed by atoms with Crippen molar-refractivity contribution >= 4 is 24.1 Å². The van der Waals surface area contributed by atoms with Crippen molar-refractivity contribution in [3.05, 3.63) is 95.8 Å². The van der Waals surface area contributed by atoms with E-state index in [1.807, 2.05) is 48.5 Å². The van der Waals surface area contributed by atoms with Gasteiger partial charge in [0.15, 0.2) is 0 Å². The summed E-state index contributed by atoms with van der Waals surface area (Å²) in [6.45, 7) is 0. The molecule has 0 atom stereocenters. The van der Waals surface area contributed by atoms with E-state index >= 15 is 0 Å². The lowest BCUT2D eigenvalue weighted by atomic mass is 10.1. The molecule has 22 heavy (non-hydrogen) atoms. The second-order valence-electron chi connectivity index (χ2n) is 4.85. The van der Waals surface area contributed by atoms with Gasteiger partial charge in [0.05, 0.1) is 17.6 Å². The first-order chi connectivity index (χ1) is 10.9. The summed E-state index contributed by atoms with van der Waals surface area (Å²) in [4.78, 5) is 8.64. The highest BCUT2D eigenvalue weighted by Crippen LogP contribution is 2.15. The van der Waals surface area contributed by atoms with Gasteiger partial charge in [-0.15, -0.1) is 0 Å². The lowest BCUT2D eigenvalue weighted by molar-refractivity contribution is 1.30. The van der Waals surface area contributed by atoms with Crippen molar-refractivity contribution in [1.82, 2.24) is 4.98 Å². The molecule has 0 saturated heterocycles. The Bertz CT molecular complexity index is 689. The predicted molar refractivity (Wildman–Crippen MR) is 93.3 cm³/mol. The van der Waals surface area contributed by atoms with Crippen LogP contribution in [0.2, 0.25) is 0 Å². The third-order valence-electron chi connectivity index (χ3n) is 3.19. The Kier molecular flexibility index (Phi) is 4.53. The van der Waals surface area contributed by atoms with E-state index in [4.69, 9.17) is 0 Å². The summed E-state index contributed by atoms with van der Waals surface area (Å²) in [6, 6.07) is 24.2. The van der Waals surface area contributed by atoms with Gasteiger partial charge < -0.3 is 0 Å². The van der Waals surface area contributed by atoms with Gasteiger partial charge in [-0.1, -0.05) is 60.7 Å². The van der Waals surface area contributed by atoms with E-state index in [1.54, 1.807) is 12.4 Å². The van der Waals surface area contributed by atoms with E-state index < -0.39 is 0 Å². The van der Waals surface area contributed by atoms with E-state index in [9.17, 15) is 0 Å². The van der Waals surface area contributed by atoms with Gasteiger partial charge in [-0.05, 0) is 35.4 Å². The average molecular weight is 284 g/mol. The summed E-state index contributed by atoms with van der Waals surface area (Å²) in [5.74, 6) is 0. The first kappa shape index (κ1) is 14.0. The largest absolute Gasteiger partial charge is 0.255 e. The van der Waals surface area contributed by atoms with E-state index in [-0.39, 0.29) is 0 Å². The maximum atomic E-state index is 4.42. The summed E-state index contributed by atoms with van der Waals surface area (Å²) < 4.78 is 0. The normalized spacial score (nSPS) is 11.3. The number of aromatic nitrogens is 1. The zero-order chi connectivity index (χ0) is 15.0. The molecule has 0 amide bonds. The molecule has 3 aromatic rings. The van der Waals surface area contributed by atoms with Gasteiger partial charge in [-0.3, -0.25) is 9.98 Å². The molecule has 0 fully saturated rings. The fraction of sp³-hybridized carbons (Fsp3) is 0. The van der Waals surface area contributed by atoms with Crippen molar-refractivity contribution in [2.24, 2.45) is 4.99 Å². The smallest absolute Gasteiger partial charge is 0.0812 e. The lowest BCUT2D eigenvalue weighted by Crippen LogP contribution is -1.83. The lowest BCUT2D eigenvalue weighted by Gasteiger charge is -1.97. The van der Waals surface area contributed by atoms with Gasteiger partial charge in [-0.25, -0.2) is 0 Å². The van der Waals surface area contributed by atoms with Crippen LogP contribution in [-0.4, -0.2) is 11.2 Å². The minimum Gasteiger partial charge on any atom is -0.255 e. The maximum Gasteiger partial charge on any atom is 0.0812 e. The Balaban J connectivity index is 1.68. The van der Waals surface area contributed by atoms with Crippen LogP contribution in [0.4, 0.5) is 5.69 Å². The number of hydrogen-bond donors (Lipinski definition) is 0. The summed E-state index contributed by atoms with van der Waals surface area (Å²) in [5, 5.41) is 0. The highest BCUT2D eigenvalue weighted by Gasteiger charge is 1.91. The Morgan fingerprint density at radius 3 is 2.05 bits per heavy atom. The van der Waals surface area contributed by atoms with Crippen molar-refractivity contribution in [2.45, 2.75) is 0 Å². The van der Waals surface area contributed by atoms with Gasteiger partial charge in [0.25, 0.3) is 0 Å². The molecule has 2 nitrogen and oxygen atoms in total. The average Bonchev–Trinajstić information content (AvgIpc) is 2.61. The maximum absolute atomic E-state index is 4.42. The van der Waals surface area contributed by atoms with Crippen LogP contribution in [0.3, 0.4) is 0 Å². The molecule has 1 aromatic heterocycles. The second kappa shape index (κ2) is 7.14. The van der Waals surface area contributed by atoms with E-state index in [2.05, 4.69) is 46.4 Å². The molecule has 106 valence electrons. The number of benzene rings is 2. The fourth-order valence-electron chi connectivity index (χ4n) is 2.02. The molecule has 3 rings (SSSR count). The first-order valence-corrected chi connectivity index (χ1v) is 7.18. The van der Waals surface area contributed by atoms with E-state index in [0.29, 0.717) is 0 Å². The van der Waals surface area contributed by atoms with Gasteiger partial charge in [0, 0.05) is 6.20 Å². The summed E-state index contributed by atoms with van der Waals surface area (Å²) in [5.41, 5.74) is 4.12. The first-order valence-electron chi connectivity index (χ1n) is 7.18. The molecule has 0 aliphatic rings. The molecule has 2 aromatic carbocycles. The van der Waals surface area contributed by atoms with Gasteiger partial charge in [0.1, 0.15) is 0 Å². The van der Waals surface area contributed by atoms with E-state index in [0.717, 1.165) is 16.9 Å². The molecule has 0 aliphatic heterocycles. The molecular formula is C20H16N2. The Morgan fingerprint density at radius 2 is 1.36 bits per heavy atom. The number of rotatable bonds is 4. The topological polar surface area (TPSA) is 25.2 Å². The summed E-state index contributed by atoms with van der Waals surface area (Å²) in [6.07, 6.45) is 7.74. The molecule has 0 spiro atoms. The van der Waals surface area contributed by atoms with Crippen LogP contribution in [0, 0.1) is 0 Å². The zero-order valence-electron chi connectivity index (χ0n) is 12.1. The number of nitrogens with zero attached hydrogens (tertiary/aromatic N) is 2. The van der Waals surface area contributed by atoms with Gasteiger partial charge >= 0.3 is 0 Å². The van der Waals surface area contributed by atoms with Crippen LogP contribution in [0.1, 0.15) is 16.8 Å². The Labute approximate surface area is 130 Å². The number of pyridine rings is 1. The van der Waals surface area contributed by atoms with Crippen molar-refractivity contribution in [1.29, 1.82) is 0 Å². The SMILES string of the molecule is C(=C\c1ccc(/N=C/c2ccccn2)cc1)/c1ccccc1. The standard InChI is InChI=1S/C20H16N2/c1-2-6-17(7-3-1)9-10-18-11-13-19(14-12-18)22-16-20-8-4-5-15-21-20/h1-16H/b10-9+,22-16+. The van der Waals surface area contributed by atoms with Gasteiger partial charge in [-0.2, -0.15) is 0 Å². The van der Waals surface area contributed by atoms with Crippen LogP contribution >= 0.6 is 0 Å². The third-order valence-corrected chi connectivity index (χ3v) is 3.19. The summed E-state index contributed by atoms with van der Waals surface area (Å²) >= 11 is 0. The Morgan fingerprint density at radius 1 is 0.682 bits per heavy atom. The molecule has 0 N–H and O–H groups in total. The van der Waals surface area contributed by atoms with Crippen LogP contribution < -0.4 is 0 Å². The van der Waals surface area contributed by atoms with Gasteiger partial charge in [0.2, 0.25) is 0 Å². The third kappa shape index (κ3) is 4.00. The monoisotopic (exact) mass is 284 g/mol. The molecule has 2 heteroatoms. The van der Waals surface area contributed by atoms with Crippen LogP contribution in [0.5, 0.6) is 0 Å².